The minimum Gasteiger partial charge on any atom is -0.345 e. The molecule has 0 aromatic carbocycles. The van der Waals surface area contributed by atoms with Gasteiger partial charge in [0.25, 0.3) is 0 Å². The monoisotopic (exact) mass is 208 g/mol. The molecule has 3 heteroatoms. The summed E-state index contributed by atoms with van der Waals surface area (Å²) in [5.41, 5.74) is 5.43. The van der Waals surface area contributed by atoms with Crippen molar-refractivity contribution >= 4 is 5.91 Å². The third-order valence-electron chi connectivity index (χ3n) is 3.20. The van der Waals surface area contributed by atoms with E-state index >= 15 is 0 Å². The highest BCUT2D eigenvalue weighted by Gasteiger charge is 2.37. The molecule has 84 valence electrons. The van der Waals surface area contributed by atoms with Gasteiger partial charge >= 0.3 is 0 Å². The van der Waals surface area contributed by atoms with Crippen molar-refractivity contribution in [2.75, 3.05) is 13.1 Å². The van der Waals surface area contributed by atoms with Crippen molar-refractivity contribution in [1.29, 1.82) is 0 Å². The number of hydrogen-bond acceptors (Lipinski definition) is 2. The van der Waals surface area contributed by atoms with E-state index in [4.69, 9.17) is 5.73 Å². The molecule has 1 fully saturated rings. The smallest absolute Gasteiger partial charge is 0.228 e. The first-order valence-corrected chi connectivity index (χ1v) is 5.63. The van der Waals surface area contributed by atoms with Crippen LogP contribution in [-0.4, -0.2) is 19.0 Å². The van der Waals surface area contributed by atoms with E-state index in [1.54, 1.807) is 6.92 Å². The van der Waals surface area contributed by atoms with Gasteiger partial charge in [0.2, 0.25) is 5.91 Å². The van der Waals surface area contributed by atoms with Gasteiger partial charge in [-0.3, -0.25) is 4.79 Å². The predicted molar refractivity (Wildman–Crippen MR) is 61.0 cm³/mol. The standard InChI is InChI=1S/C12H20N2O/c1-2-3-9-14-11(15)12(10-13)7-5-4-6-8-12/h4-10,13H2,1H3,(H,14,15). The van der Waals surface area contributed by atoms with E-state index in [9.17, 15) is 4.79 Å². The van der Waals surface area contributed by atoms with Gasteiger partial charge in [0.15, 0.2) is 0 Å². The second-order valence-corrected chi connectivity index (χ2v) is 4.15. The minimum atomic E-state index is -0.312. The first-order valence-electron chi connectivity index (χ1n) is 5.63. The zero-order chi connectivity index (χ0) is 11.1. The van der Waals surface area contributed by atoms with Gasteiger partial charge in [0, 0.05) is 6.54 Å². The van der Waals surface area contributed by atoms with Crippen molar-refractivity contribution in [3.63, 3.8) is 0 Å². The Hall–Kier alpha value is -1.01. The SMILES string of the molecule is CC#CCNC(=O)C1(CN)CCCCC1. The third-order valence-corrected chi connectivity index (χ3v) is 3.20. The number of nitrogens with two attached hydrogens (primary N) is 1. The Balaban J connectivity index is 2.54. The molecule has 15 heavy (non-hydrogen) atoms. The van der Waals surface area contributed by atoms with Crippen LogP contribution >= 0.6 is 0 Å². The molecule has 1 saturated carbocycles. The van der Waals surface area contributed by atoms with Crippen molar-refractivity contribution in [3.05, 3.63) is 0 Å². The van der Waals surface area contributed by atoms with Crippen molar-refractivity contribution in [2.24, 2.45) is 11.1 Å². The van der Waals surface area contributed by atoms with Crippen LogP contribution in [0.25, 0.3) is 0 Å². The fourth-order valence-corrected chi connectivity index (χ4v) is 2.15. The lowest BCUT2D eigenvalue weighted by Gasteiger charge is -2.34. The van der Waals surface area contributed by atoms with Gasteiger partial charge in [-0.05, 0) is 19.8 Å². The molecule has 0 spiro atoms. The van der Waals surface area contributed by atoms with Crippen molar-refractivity contribution < 1.29 is 4.79 Å². The van der Waals surface area contributed by atoms with Crippen LogP contribution in [0.1, 0.15) is 39.0 Å². The summed E-state index contributed by atoms with van der Waals surface area (Å²) >= 11 is 0. The van der Waals surface area contributed by atoms with E-state index < -0.39 is 0 Å². The maximum Gasteiger partial charge on any atom is 0.228 e. The van der Waals surface area contributed by atoms with Crippen LogP contribution in [0.5, 0.6) is 0 Å². The lowest BCUT2D eigenvalue weighted by atomic mass is 9.73. The van der Waals surface area contributed by atoms with E-state index in [0.29, 0.717) is 13.1 Å². The zero-order valence-corrected chi connectivity index (χ0v) is 9.44. The lowest BCUT2D eigenvalue weighted by Crippen LogP contribution is -2.47. The Bertz CT molecular complexity index is 269. The number of hydrogen-bond donors (Lipinski definition) is 2. The molecule has 1 aliphatic carbocycles. The molecule has 0 unspecified atom stereocenters. The van der Waals surface area contributed by atoms with Gasteiger partial charge in [0.05, 0.1) is 12.0 Å². The highest BCUT2D eigenvalue weighted by Crippen LogP contribution is 2.35. The maximum absolute atomic E-state index is 12.0. The van der Waals surface area contributed by atoms with E-state index in [1.807, 2.05) is 0 Å². The van der Waals surface area contributed by atoms with Gasteiger partial charge < -0.3 is 11.1 Å². The molecule has 0 aliphatic heterocycles. The van der Waals surface area contributed by atoms with Crippen LogP contribution in [0.15, 0.2) is 0 Å². The molecule has 0 radical (unpaired) electrons. The topological polar surface area (TPSA) is 55.1 Å². The van der Waals surface area contributed by atoms with Crippen molar-refractivity contribution in [3.8, 4) is 11.8 Å². The fourth-order valence-electron chi connectivity index (χ4n) is 2.15. The van der Waals surface area contributed by atoms with Gasteiger partial charge in [-0.25, -0.2) is 0 Å². The van der Waals surface area contributed by atoms with Crippen LogP contribution in [0.2, 0.25) is 0 Å². The molecular weight excluding hydrogens is 188 g/mol. The average molecular weight is 208 g/mol. The fraction of sp³-hybridized carbons (Fsp3) is 0.750. The second-order valence-electron chi connectivity index (χ2n) is 4.15. The van der Waals surface area contributed by atoms with Gasteiger partial charge in [-0.1, -0.05) is 25.2 Å². The average Bonchev–Trinajstić information content (AvgIpc) is 2.30. The van der Waals surface area contributed by atoms with Gasteiger partial charge in [0.1, 0.15) is 0 Å². The largest absolute Gasteiger partial charge is 0.345 e. The number of amides is 1. The van der Waals surface area contributed by atoms with Crippen LogP contribution in [0.3, 0.4) is 0 Å². The minimum absolute atomic E-state index is 0.0902. The quantitative estimate of drug-likeness (QED) is 0.681. The molecule has 1 aliphatic rings. The van der Waals surface area contributed by atoms with Gasteiger partial charge in [-0.2, -0.15) is 0 Å². The van der Waals surface area contributed by atoms with E-state index in [0.717, 1.165) is 25.7 Å². The summed E-state index contributed by atoms with van der Waals surface area (Å²) in [6.45, 7) is 2.67. The maximum atomic E-state index is 12.0. The summed E-state index contributed by atoms with van der Waals surface area (Å²) in [7, 11) is 0. The summed E-state index contributed by atoms with van der Waals surface area (Å²) in [6, 6.07) is 0. The third kappa shape index (κ3) is 2.97. The van der Waals surface area contributed by atoms with Crippen LogP contribution in [0, 0.1) is 17.3 Å². The highest BCUT2D eigenvalue weighted by molar-refractivity contribution is 5.83. The molecule has 0 heterocycles. The molecule has 0 saturated heterocycles. The summed E-state index contributed by atoms with van der Waals surface area (Å²) in [6.07, 6.45) is 5.31. The summed E-state index contributed by atoms with van der Waals surface area (Å²) < 4.78 is 0. The number of carbonyl (C=O) groups excluding carboxylic acids is 1. The Morgan fingerprint density at radius 1 is 1.40 bits per heavy atom. The second kappa shape index (κ2) is 5.77. The number of nitrogens with one attached hydrogen (secondary N) is 1. The molecule has 3 N–H and O–H groups in total. The van der Waals surface area contributed by atoms with Crippen LogP contribution < -0.4 is 11.1 Å². The lowest BCUT2D eigenvalue weighted by molar-refractivity contribution is -0.132. The van der Waals surface area contributed by atoms with Crippen LogP contribution in [0.4, 0.5) is 0 Å². The molecule has 1 rings (SSSR count). The molecular formula is C12H20N2O. The molecule has 3 nitrogen and oxygen atoms in total. The summed E-state index contributed by atoms with van der Waals surface area (Å²) in [5.74, 6) is 5.69. The molecule has 0 aromatic rings. The molecule has 0 atom stereocenters. The zero-order valence-electron chi connectivity index (χ0n) is 9.44. The van der Waals surface area contributed by atoms with Crippen molar-refractivity contribution in [2.45, 2.75) is 39.0 Å². The molecule has 0 aromatic heterocycles. The van der Waals surface area contributed by atoms with Crippen LogP contribution in [-0.2, 0) is 4.79 Å². The predicted octanol–water partition coefficient (Wildman–Crippen LogP) is 1.04. The van der Waals surface area contributed by atoms with E-state index in [1.165, 1.54) is 6.42 Å². The van der Waals surface area contributed by atoms with Gasteiger partial charge in [-0.15, -0.1) is 5.92 Å². The van der Waals surface area contributed by atoms with E-state index in [-0.39, 0.29) is 11.3 Å². The van der Waals surface area contributed by atoms with Crippen molar-refractivity contribution in [1.82, 2.24) is 5.32 Å². The first-order chi connectivity index (χ1) is 7.25. The first kappa shape index (κ1) is 12.1. The Morgan fingerprint density at radius 2 is 2.07 bits per heavy atom. The van der Waals surface area contributed by atoms with E-state index in [2.05, 4.69) is 17.2 Å². The summed E-state index contributed by atoms with van der Waals surface area (Å²) in [5, 5.41) is 2.85. The molecule has 0 bridgehead atoms. The summed E-state index contributed by atoms with van der Waals surface area (Å²) in [4.78, 5) is 12.0. The Labute approximate surface area is 91.8 Å². The number of carbonyl (C=O) groups is 1. The Kier molecular flexibility index (Phi) is 4.64. The molecule has 1 amide bonds. The highest BCUT2D eigenvalue weighted by atomic mass is 16.2. The number of rotatable bonds is 3. The Morgan fingerprint density at radius 3 is 2.60 bits per heavy atom. The normalized spacial score (nSPS) is 18.8.